The van der Waals surface area contributed by atoms with Crippen LogP contribution in [-0.4, -0.2) is 41.2 Å². The van der Waals surface area contributed by atoms with Crippen molar-refractivity contribution in [3.8, 4) is 0 Å². The molecule has 0 bridgehead atoms. The third-order valence-electron chi connectivity index (χ3n) is 2.31. The van der Waals surface area contributed by atoms with Gasteiger partial charge in [-0.3, -0.25) is 10.1 Å². The predicted molar refractivity (Wildman–Crippen MR) is 54.4 cm³/mol. The molecule has 1 saturated heterocycles. The standard InChI is InChI=1S/C9H14N4O2/c1-9(5-10-6-9)15-4-7(14)13-8-11-2-3-12-8/h2-3,10H,4-6H2,1H3,(H2,11,12,13,14). The number of amides is 1. The Bertz CT molecular complexity index is 332. The van der Waals surface area contributed by atoms with Crippen molar-refractivity contribution in [2.45, 2.75) is 12.5 Å². The summed E-state index contributed by atoms with van der Waals surface area (Å²) in [5.41, 5.74) is -0.194. The summed E-state index contributed by atoms with van der Waals surface area (Å²) in [6.45, 7) is 3.62. The van der Waals surface area contributed by atoms with Gasteiger partial charge in [-0.15, -0.1) is 0 Å². The third-order valence-corrected chi connectivity index (χ3v) is 2.31. The Kier molecular flexibility index (Phi) is 2.70. The van der Waals surface area contributed by atoms with Gasteiger partial charge in [0.2, 0.25) is 5.95 Å². The summed E-state index contributed by atoms with van der Waals surface area (Å²) in [7, 11) is 0. The maximum atomic E-state index is 11.4. The normalized spacial score (nSPS) is 18.2. The van der Waals surface area contributed by atoms with E-state index in [1.54, 1.807) is 12.4 Å². The van der Waals surface area contributed by atoms with Crippen LogP contribution in [0, 0.1) is 0 Å². The molecule has 2 rings (SSSR count). The summed E-state index contributed by atoms with van der Waals surface area (Å²) in [4.78, 5) is 18.0. The van der Waals surface area contributed by atoms with Crippen molar-refractivity contribution >= 4 is 11.9 Å². The number of anilines is 1. The summed E-state index contributed by atoms with van der Waals surface area (Å²) in [5, 5.41) is 5.69. The lowest BCUT2D eigenvalue weighted by atomic mass is 10.0. The van der Waals surface area contributed by atoms with Crippen molar-refractivity contribution in [1.82, 2.24) is 15.3 Å². The molecular formula is C9H14N4O2. The molecule has 3 N–H and O–H groups in total. The fraction of sp³-hybridized carbons (Fsp3) is 0.556. The van der Waals surface area contributed by atoms with Gasteiger partial charge in [0.25, 0.3) is 5.91 Å². The van der Waals surface area contributed by atoms with Crippen LogP contribution in [0.4, 0.5) is 5.95 Å². The number of hydrogen-bond acceptors (Lipinski definition) is 4. The number of H-pyrrole nitrogens is 1. The number of rotatable bonds is 4. The zero-order valence-electron chi connectivity index (χ0n) is 8.54. The molecule has 0 unspecified atom stereocenters. The fourth-order valence-corrected chi connectivity index (χ4v) is 1.32. The number of aromatic amines is 1. The lowest BCUT2D eigenvalue weighted by Crippen LogP contribution is -2.59. The van der Waals surface area contributed by atoms with Crippen molar-refractivity contribution in [2.75, 3.05) is 25.0 Å². The average Bonchev–Trinajstić information content (AvgIpc) is 2.64. The summed E-state index contributed by atoms with van der Waals surface area (Å²) < 4.78 is 5.46. The quantitative estimate of drug-likeness (QED) is 0.639. The maximum Gasteiger partial charge on any atom is 0.252 e. The van der Waals surface area contributed by atoms with E-state index in [1.165, 1.54) is 0 Å². The molecule has 1 aromatic rings. The van der Waals surface area contributed by atoms with Crippen LogP contribution < -0.4 is 10.6 Å². The number of hydrogen-bond donors (Lipinski definition) is 3. The second-order valence-corrected chi connectivity index (χ2v) is 3.83. The van der Waals surface area contributed by atoms with Gasteiger partial charge in [0.15, 0.2) is 0 Å². The van der Waals surface area contributed by atoms with Gasteiger partial charge in [-0.25, -0.2) is 4.98 Å². The van der Waals surface area contributed by atoms with Crippen molar-refractivity contribution in [3.05, 3.63) is 12.4 Å². The molecule has 0 atom stereocenters. The highest BCUT2D eigenvalue weighted by Gasteiger charge is 2.32. The van der Waals surface area contributed by atoms with Gasteiger partial charge in [-0.1, -0.05) is 0 Å². The van der Waals surface area contributed by atoms with E-state index in [0.717, 1.165) is 13.1 Å². The molecule has 1 amide bonds. The number of imidazole rings is 1. The summed E-state index contributed by atoms with van der Waals surface area (Å²) in [5.74, 6) is 0.249. The molecule has 0 aliphatic carbocycles. The van der Waals surface area contributed by atoms with Crippen molar-refractivity contribution in [2.24, 2.45) is 0 Å². The first-order chi connectivity index (χ1) is 7.18. The van der Waals surface area contributed by atoms with E-state index in [1.807, 2.05) is 6.92 Å². The van der Waals surface area contributed by atoms with Gasteiger partial charge in [0.1, 0.15) is 6.61 Å². The van der Waals surface area contributed by atoms with Gasteiger partial charge >= 0.3 is 0 Å². The third kappa shape index (κ3) is 2.54. The summed E-state index contributed by atoms with van der Waals surface area (Å²) >= 11 is 0. The minimum atomic E-state index is -0.196. The molecule has 0 radical (unpaired) electrons. The lowest BCUT2D eigenvalue weighted by molar-refractivity contribution is -0.130. The van der Waals surface area contributed by atoms with Crippen LogP contribution in [0.3, 0.4) is 0 Å². The smallest absolute Gasteiger partial charge is 0.252 e. The molecule has 6 heteroatoms. The molecule has 6 nitrogen and oxygen atoms in total. The van der Waals surface area contributed by atoms with Gasteiger partial charge in [0.05, 0.1) is 5.60 Å². The number of carbonyl (C=O) groups excluding carboxylic acids is 1. The van der Waals surface area contributed by atoms with E-state index in [2.05, 4.69) is 20.6 Å². The zero-order valence-corrected chi connectivity index (χ0v) is 8.54. The Balaban J connectivity index is 1.73. The Labute approximate surface area is 87.4 Å². The first-order valence-electron chi connectivity index (χ1n) is 4.82. The van der Waals surface area contributed by atoms with Crippen LogP contribution in [0.2, 0.25) is 0 Å². The van der Waals surface area contributed by atoms with Crippen molar-refractivity contribution < 1.29 is 9.53 Å². The first-order valence-corrected chi connectivity index (χ1v) is 4.82. The van der Waals surface area contributed by atoms with Crippen molar-refractivity contribution in [3.63, 3.8) is 0 Å². The van der Waals surface area contributed by atoms with Gasteiger partial charge < -0.3 is 15.0 Å². The number of nitrogens with one attached hydrogen (secondary N) is 3. The maximum absolute atomic E-state index is 11.4. The Morgan fingerprint density at radius 1 is 1.73 bits per heavy atom. The molecule has 1 aliphatic heterocycles. The second-order valence-electron chi connectivity index (χ2n) is 3.83. The van der Waals surface area contributed by atoms with E-state index in [4.69, 9.17) is 4.74 Å². The summed E-state index contributed by atoms with van der Waals surface area (Å²) in [6, 6.07) is 0. The van der Waals surface area contributed by atoms with E-state index in [9.17, 15) is 4.79 Å². The van der Waals surface area contributed by atoms with Crippen LogP contribution in [0.1, 0.15) is 6.92 Å². The van der Waals surface area contributed by atoms with Crippen LogP contribution in [0.25, 0.3) is 0 Å². The minimum Gasteiger partial charge on any atom is -0.363 e. The topological polar surface area (TPSA) is 79.0 Å². The Hall–Kier alpha value is -1.40. The van der Waals surface area contributed by atoms with Crippen LogP contribution in [0.15, 0.2) is 12.4 Å². The zero-order chi connectivity index (χ0) is 10.7. The highest BCUT2D eigenvalue weighted by atomic mass is 16.5. The van der Waals surface area contributed by atoms with E-state index >= 15 is 0 Å². The van der Waals surface area contributed by atoms with E-state index in [-0.39, 0.29) is 18.1 Å². The van der Waals surface area contributed by atoms with E-state index < -0.39 is 0 Å². The number of carbonyl (C=O) groups is 1. The van der Waals surface area contributed by atoms with Gasteiger partial charge in [0, 0.05) is 25.5 Å². The summed E-state index contributed by atoms with van der Waals surface area (Å²) in [6.07, 6.45) is 3.22. The molecule has 1 fully saturated rings. The molecule has 2 heterocycles. The highest BCUT2D eigenvalue weighted by molar-refractivity contribution is 5.89. The number of nitrogens with zero attached hydrogens (tertiary/aromatic N) is 1. The highest BCUT2D eigenvalue weighted by Crippen LogP contribution is 2.14. The first kappa shape index (κ1) is 10.1. The average molecular weight is 210 g/mol. The molecular weight excluding hydrogens is 196 g/mol. The largest absolute Gasteiger partial charge is 0.363 e. The molecule has 1 aliphatic rings. The van der Waals surface area contributed by atoms with Crippen molar-refractivity contribution in [1.29, 1.82) is 0 Å². The molecule has 15 heavy (non-hydrogen) atoms. The monoisotopic (exact) mass is 210 g/mol. The minimum absolute atomic E-state index is 0.0544. The SMILES string of the molecule is CC1(OCC(=O)Nc2ncc[nH]2)CNC1. The van der Waals surface area contributed by atoms with Crippen LogP contribution >= 0.6 is 0 Å². The fourth-order valence-electron chi connectivity index (χ4n) is 1.32. The van der Waals surface area contributed by atoms with Crippen LogP contribution in [0.5, 0.6) is 0 Å². The predicted octanol–water partition coefficient (Wildman–Crippen LogP) is -0.273. The lowest BCUT2D eigenvalue weighted by Gasteiger charge is -2.38. The molecule has 0 spiro atoms. The second kappa shape index (κ2) is 4.00. The Morgan fingerprint density at radius 3 is 3.07 bits per heavy atom. The van der Waals surface area contributed by atoms with Gasteiger partial charge in [-0.2, -0.15) is 0 Å². The molecule has 82 valence electrons. The molecule has 1 aromatic heterocycles. The van der Waals surface area contributed by atoms with Crippen LogP contribution in [-0.2, 0) is 9.53 Å². The molecule has 0 saturated carbocycles. The van der Waals surface area contributed by atoms with Gasteiger partial charge in [-0.05, 0) is 6.92 Å². The number of ether oxygens (including phenoxy) is 1. The Morgan fingerprint density at radius 2 is 2.53 bits per heavy atom. The molecule has 0 aromatic carbocycles. The number of aromatic nitrogens is 2. The van der Waals surface area contributed by atoms with E-state index in [0.29, 0.717) is 5.95 Å².